The summed E-state index contributed by atoms with van der Waals surface area (Å²) in [6.45, 7) is 9.43. The Kier molecular flexibility index (Phi) is 7.49. The van der Waals surface area contributed by atoms with Crippen LogP contribution in [0.4, 0.5) is 4.79 Å². The molecule has 0 aliphatic carbocycles. The highest BCUT2D eigenvalue weighted by Crippen LogP contribution is 1.86. The number of nitrogens with zero attached hydrogens (tertiary/aromatic N) is 1. The lowest BCUT2D eigenvalue weighted by Crippen LogP contribution is -2.48. The fourth-order valence-electron chi connectivity index (χ4n) is 1.30. The lowest BCUT2D eigenvalue weighted by atomic mass is 10.3. The van der Waals surface area contributed by atoms with Crippen molar-refractivity contribution in [2.24, 2.45) is 5.73 Å². The van der Waals surface area contributed by atoms with Crippen LogP contribution < -0.4 is 16.4 Å². The maximum absolute atomic E-state index is 11.3. The zero-order chi connectivity index (χ0) is 12.6. The molecule has 0 aromatic carbocycles. The molecule has 3 amide bonds. The average molecular weight is 230 g/mol. The van der Waals surface area contributed by atoms with Gasteiger partial charge in [-0.05, 0) is 20.0 Å². The third kappa shape index (κ3) is 6.36. The van der Waals surface area contributed by atoms with Crippen LogP contribution in [0.1, 0.15) is 20.8 Å². The number of likely N-dealkylation sites (N-methyl/N-ethyl adjacent to an activating group) is 1. The number of amides is 3. The molecule has 0 bridgehead atoms. The van der Waals surface area contributed by atoms with Crippen LogP contribution in [0.5, 0.6) is 0 Å². The Balaban J connectivity index is 3.75. The van der Waals surface area contributed by atoms with Gasteiger partial charge in [-0.1, -0.05) is 13.8 Å². The van der Waals surface area contributed by atoms with Gasteiger partial charge < -0.3 is 16.0 Å². The normalized spacial score (nSPS) is 12.5. The maximum Gasteiger partial charge on any atom is 0.318 e. The summed E-state index contributed by atoms with van der Waals surface area (Å²) in [7, 11) is 0. The van der Waals surface area contributed by atoms with E-state index in [0.29, 0.717) is 6.54 Å². The number of nitrogens with one attached hydrogen (secondary N) is 2. The van der Waals surface area contributed by atoms with Crippen LogP contribution in [-0.4, -0.2) is 49.1 Å². The molecule has 94 valence electrons. The number of hydrogen-bond acceptors (Lipinski definition) is 4. The van der Waals surface area contributed by atoms with Gasteiger partial charge in [0.2, 0.25) is 5.91 Å². The third-order valence-corrected chi connectivity index (χ3v) is 2.41. The van der Waals surface area contributed by atoms with Crippen molar-refractivity contribution in [2.75, 3.05) is 26.2 Å². The summed E-state index contributed by atoms with van der Waals surface area (Å²) in [4.78, 5) is 24.0. The van der Waals surface area contributed by atoms with Crippen molar-refractivity contribution in [3.05, 3.63) is 0 Å². The topological polar surface area (TPSA) is 87.5 Å². The summed E-state index contributed by atoms with van der Waals surface area (Å²) in [6.07, 6.45) is 0. The van der Waals surface area contributed by atoms with E-state index in [2.05, 4.69) is 24.1 Å². The highest BCUT2D eigenvalue weighted by atomic mass is 16.2. The first-order valence-electron chi connectivity index (χ1n) is 5.57. The van der Waals surface area contributed by atoms with Crippen molar-refractivity contribution in [2.45, 2.75) is 26.8 Å². The summed E-state index contributed by atoms with van der Waals surface area (Å²) in [5.74, 6) is -0.396. The van der Waals surface area contributed by atoms with E-state index < -0.39 is 18.0 Å². The Morgan fingerprint density at radius 2 is 1.88 bits per heavy atom. The second-order valence-electron chi connectivity index (χ2n) is 3.56. The average Bonchev–Trinajstić information content (AvgIpc) is 2.23. The molecule has 0 saturated carbocycles. The molecule has 0 aromatic heterocycles. The predicted molar refractivity (Wildman–Crippen MR) is 63.0 cm³/mol. The number of urea groups is 1. The highest BCUT2D eigenvalue weighted by Gasteiger charge is 2.13. The van der Waals surface area contributed by atoms with E-state index in [1.54, 1.807) is 6.92 Å². The molecule has 6 nitrogen and oxygen atoms in total. The van der Waals surface area contributed by atoms with Gasteiger partial charge in [0.25, 0.3) is 0 Å². The molecule has 0 spiro atoms. The predicted octanol–water partition coefficient (Wildman–Crippen LogP) is -0.499. The lowest BCUT2D eigenvalue weighted by molar-refractivity contribution is -0.121. The number of nitrogens with two attached hydrogens (primary N) is 1. The number of rotatable bonds is 7. The van der Waals surface area contributed by atoms with Crippen molar-refractivity contribution in [3.63, 3.8) is 0 Å². The number of primary amides is 1. The van der Waals surface area contributed by atoms with Crippen molar-refractivity contribution in [3.8, 4) is 0 Å². The number of imide groups is 1. The molecule has 1 unspecified atom stereocenters. The minimum absolute atomic E-state index is 0.396. The molecule has 0 heterocycles. The first kappa shape index (κ1) is 14.9. The van der Waals surface area contributed by atoms with Crippen LogP contribution in [0.2, 0.25) is 0 Å². The third-order valence-electron chi connectivity index (χ3n) is 2.41. The van der Waals surface area contributed by atoms with Gasteiger partial charge in [0.15, 0.2) is 0 Å². The number of carbonyl (C=O) groups excluding carboxylic acids is 2. The summed E-state index contributed by atoms with van der Waals surface area (Å²) >= 11 is 0. The van der Waals surface area contributed by atoms with Crippen molar-refractivity contribution >= 4 is 11.9 Å². The Hall–Kier alpha value is -1.14. The van der Waals surface area contributed by atoms with Crippen molar-refractivity contribution < 1.29 is 9.59 Å². The van der Waals surface area contributed by atoms with Gasteiger partial charge in [0.1, 0.15) is 0 Å². The van der Waals surface area contributed by atoms with E-state index in [-0.39, 0.29) is 0 Å². The molecule has 0 saturated heterocycles. The SMILES string of the molecule is CCN(CC)CCNC(C)C(=O)NC(N)=O. The van der Waals surface area contributed by atoms with E-state index in [0.717, 1.165) is 19.6 Å². The molecule has 0 fully saturated rings. The Bertz CT molecular complexity index is 229. The Morgan fingerprint density at radius 3 is 2.31 bits per heavy atom. The maximum atomic E-state index is 11.3. The smallest absolute Gasteiger partial charge is 0.318 e. The van der Waals surface area contributed by atoms with E-state index >= 15 is 0 Å². The van der Waals surface area contributed by atoms with Gasteiger partial charge in [0.05, 0.1) is 6.04 Å². The van der Waals surface area contributed by atoms with Gasteiger partial charge in [0, 0.05) is 13.1 Å². The fraction of sp³-hybridized carbons (Fsp3) is 0.800. The largest absolute Gasteiger partial charge is 0.351 e. The molecule has 1 atom stereocenters. The molecule has 0 rings (SSSR count). The summed E-state index contributed by atoms with van der Waals surface area (Å²) in [5, 5.41) is 5.06. The Labute approximate surface area is 96.5 Å². The van der Waals surface area contributed by atoms with Gasteiger partial charge >= 0.3 is 6.03 Å². The number of hydrogen-bond donors (Lipinski definition) is 3. The first-order chi connectivity index (χ1) is 7.51. The van der Waals surface area contributed by atoms with Crippen LogP contribution in [0.25, 0.3) is 0 Å². The lowest BCUT2D eigenvalue weighted by Gasteiger charge is -2.19. The minimum Gasteiger partial charge on any atom is -0.351 e. The van der Waals surface area contributed by atoms with Gasteiger partial charge in [-0.2, -0.15) is 0 Å². The quantitative estimate of drug-likeness (QED) is 0.550. The molecule has 6 heteroatoms. The van der Waals surface area contributed by atoms with E-state index in [1.165, 1.54) is 0 Å². The van der Waals surface area contributed by atoms with Crippen molar-refractivity contribution in [1.29, 1.82) is 0 Å². The van der Waals surface area contributed by atoms with E-state index in [1.807, 2.05) is 5.32 Å². The molecular formula is C10H22N4O2. The molecule has 0 aliphatic heterocycles. The highest BCUT2D eigenvalue weighted by molar-refractivity contribution is 5.96. The zero-order valence-electron chi connectivity index (χ0n) is 10.2. The number of carbonyl (C=O) groups is 2. The molecular weight excluding hydrogens is 208 g/mol. The van der Waals surface area contributed by atoms with Crippen molar-refractivity contribution in [1.82, 2.24) is 15.5 Å². The monoisotopic (exact) mass is 230 g/mol. The van der Waals surface area contributed by atoms with Gasteiger partial charge in [-0.3, -0.25) is 10.1 Å². The zero-order valence-corrected chi connectivity index (χ0v) is 10.2. The van der Waals surface area contributed by atoms with Crippen LogP contribution in [-0.2, 0) is 4.79 Å². The van der Waals surface area contributed by atoms with Gasteiger partial charge in [-0.15, -0.1) is 0 Å². The van der Waals surface area contributed by atoms with Gasteiger partial charge in [-0.25, -0.2) is 4.79 Å². The molecule has 0 aromatic rings. The Morgan fingerprint density at radius 1 is 1.31 bits per heavy atom. The molecule has 4 N–H and O–H groups in total. The minimum atomic E-state index is -0.817. The van der Waals surface area contributed by atoms with Crippen LogP contribution in [0, 0.1) is 0 Å². The second kappa shape index (κ2) is 8.06. The summed E-state index contributed by atoms with van der Waals surface area (Å²) in [6, 6.07) is -1.23. The fourth-order valence-corrected chi connectivity index (χ4v) is 1.30. The molecule has 0 aliphatic rings. The standard InChI is InChI=1S/C10H22N4O2/c1-4-14(5-2)7-6-12-8(3)9(15)13-10(11)16/h8,12H,4-7H2,1-3H3,(H3,11,13,15,16). The van der Waals surface area contributed by atoms with Crippen LogP contribution in [0.15, 0.2) is 0 Å². The molecule has 16 heavy (non-hydrogen) atoms. The first-order valence-corrected chi connectivity index (χ1v) is 5.57. The summed E-state index contributed by atoms with van der Waals surface area (Å²) in [5.41, 5.74) is 4.84. The molecule has 0 radical (unpaired) electrons. The summed E-state index contributed by atoms with van der Waals surface area (Å²) < 4.78 is 0. The van der Waals surface area contributed by atoms with E-state index in [9.17, 15) is 9.59 Å². The second-order valence-corrected chi connectivity index (χ2v) is 3.56. The van der Waals surface area contributed by atoms with Crippen LogP contribution in [0.3, 0.4) is 0 Å². The van der Waals surface area contributed by atoms with E-state index in [4.69, 9.17) is 5.73 Å². The van der Waals surface area contributed by atoms with Crippen LogP contribution >= 0.6 is 0 Å².